The van der Waals surface area contributed by atoms with Crippen LogP contribution >= 0.6 is 0 Å². The molecule has 15 heavy (non-hydrogen) atoms. The van der Waals surface area contributed by atoms with Crippen LogP contribution < -0.4 is 5.32 Å². The van der Waals surface area contributed by atoms with Crippen molar-refractivity contribution >= 4 is 5.91 Å². The van der Waals surface area contributed by atoms with Gasteiger partial charge in [0.05, 0.1) is 0 Å². The number of hydrogen-bond acceptors (Lipinski definition) is 3. The van der Waals surface area contributed by atoms with Gasteiger partial charge in [-0.25, -0.2) is 0 Å². The van der Waals surface area contributed by atoms with E-state index in [9.17, 15) is 15.0 Å². The highest BCUT2D eigenvalue weighted by Crippen LogP contribution is 2.27. The molecule has 0 saturated carbocycles. The molecule has 4 heteroatoms. The molecule has 3 N–H and O–H groups in total. The van der Waals surface area contributed by atoms with Crippen LogP contribution in [-0.2, 0) is 11.2 Å². The lowest BCUT2D eigenvalue weighted by molar-refractivity contribution is -0.118. The summed E-state index contributed by atoms with van der Waals surface area (Å²) in [5, 5.41) is 21.2. The van der Waals surface area contributed by atoms with Crippen LogP contribution in [0.25, 0.3) is 0 Å². The maximum Gasteiger partial charge on any atom is 0.216 e. The fourth-order valence-electron chi connectivity index (χ4n) is 1.37. The Morgan fingerprint density at radius 1 is 1.33 bits per heavy atom. The van der Waals surface area contributed by atoms with Gasteiger partial charge in [-0.3, -0.25) is 4.79 Å². The molecule has 0 radical (unpaired) electrons. The third-order valence-electron chi connectivity index (χ3n) is 2.20. The first-order valence-corrected chi connectivity index (χ1v) is 4.76. The number of benzene rings is 1. The van der Waals surface area contributed by atoms with Gasteiger partial charge in [0, 0.05) is 13.5 Å². The minimum absolute atomic E-state index is 0.0735. The Bertz CT molecular complexity index is 374. The molecular formula is C11H15NO3. The Morgan fingerprint density at radius 2 is 1.93 bits per heavy atom. The largest absolute Gasteiger partial charge is 0.504 e. The van der Waals surface area contributed by atoms with Crippen LogP contribution in [-0.4, -0.2) is 22.7 Å². The van der Waals surface area contributed by atoms with Crippen molar-refractivity contribution in [3.63, 3.8) is 0 Å². The van der Waals surface area contributed by atoms with Gasteiger partial charge in [0.1, 0.15) is 0 Å². The molecule has 82 valence electrons. The van der Waals surface area contributed by atoms with Crippen molar-refractivity contribution < 1.29 is 15.0 Å². The smallest absolute Gasteiger partial charge is 0.216 e. The van der Waals surface area contributed by atoms with E-state index in [0.717, 1.165) is 11.1 Å². The standard InChI is InChI=1S/C11H15NO3/c1-7-5-10(14)11(15)6-9(7)3-4-12-8(2)13/h5-6,14-15H,3-4H2,1-2H3,(H,12,13). The molecule has 0 saturated heterocycles. The summed E-state index contributed by atoms with van der Waals surface area (Å²) in [5.74, 6) is -0.315. The molecule has 0 atom stereocenters. The highest BCUT2D eigenvalue weighted by Gasteiger charge is 2.05. The van der Waals surface area contributed by atoms with Crippen LogP contribution in [0.5, 0.6) is 11.5 Å². The van der Waals surface area contributed by atoms with Crippen molar-refractivity contribution in [2.75, 3.05) is 6.54 Å². The third-order valence-corrected chi connectivity index (χ3v) is 2.20. The Labute approximate surface area is 88.6 Å². The molecule has 0 aliphatic rings. The maximum absolute atomic E-state index is 10.6. The van der Waals surface area contributed by atoms with Gasteiger partial charge in [0.25, 0.3) is 0 Å². The molecule has 0 spiro atoms. The second-order valence-electron chi connectivity index (χ2n) is 3.50. The second-order valence-corrected chi connectivity index (χ2v) is 3.50. The Balaban J connectivity index is 2.69. The molecule has 0 heterocycles. The van der Waals surface area contributed by atoms with Gasteiger partial charge < -0.3 is 15.5 Å². The summed E-state index contributed by atoms with van der Waals surface area (Å²) in [7, 11) is 0. The topological polar surface area (TPSA) is 69.6 Å². The van der Waals surface area contributed by atoms with E-state index < -0.39 is 0 Å². The van der Waals surface area contributed by atoms with Crippen molar-refractivity contribution in [3.8, 4) is 11.5 Å². The molecule has 1 aromatic carbocycles. The summed E-state index contributed by atoms with van der Waals surface area (Å²) in [4.78, 5) is 10.6. The summed E-state index contributed by atoms with van der Waals surface area (Å²) in [5.41, 5.74) is 1.81. The lowest BCUT2D eigenvalue weighted by atomic mass is 10.0. The van der Waals surface area contributed by atoms with Crippen LogP contribution in [0.15, 0.2) is 12.1 Å². The van der Waals surface area contributed by atoms with Crippen LogP contribution in [0.1, 0.15) is 18.1 Å². The van der Waals surface area contributed by atoms with Crippen molar-refractivity contribution in [2.45, 2.75) is 20.3 Å². The predicted molar refractivity (Wildman–Crippen MR) is 56.9 cm³/mol. The zero-order valence-electron chi connectivity index (χ0n) is 8.87. The Hall–Kier alpha value is -1.71. The van der Waals surface area contributed by atoms with E-state index in [1.54, 1.807) is 0 Å². The van der Waals surface area contributed by atoms with Gasteiger partial charge in [0.2, 0.25) is 5.91 Å². The lowest BCUT2D eigenvalue weighted by Crippen LogP contribution is -2.22. The number of phenolic OH excluding ortho intramolecular Hbond substituents is 2. The molecule has 0 aromatic heterocycles. The average Bonchev–Trinajstić information content (AvgIpc) is 2.13. The SMILES string of the molecule is CC(=O)NCCc1cc(O)c(O)cc1C. The number of aromatic hydroxyl groups is 2. The van der Waals surface area contributed by atoms with Gasteiger partial charge in [-0.05, 0) is 36.6 Å². The minimum atomic E-state index is -0.126. The molecule has 1 amide bonds. The molecule has 0 aliphatic heterocycles. The van der Waals surface area contributed by atoms with Crippen molar-refractivity contribution in [2.24, 2.45) is 0 Å². The first kappa shape index (κ1) is 11.4. The predicted octanol–water partition coefficient (Wildman–Crippen LogP) is 1.08. The summed E-state index contributed by atoms with van der Waals surface area (Å²) in [6.07, 6.45) is 0.638. The van der Waals surface area contributed by atoms with Gasteiger partial charge in [-0.15, -0.1) is 0 Å². The Kier molecular flexibility index (Phi) is 3.55. The van der Waals surface area contributed by atoms with E-state index in [-0.39, 0.29) is 17.4 Å². The average molecular weight is 209 g/mol. The summed E-state index contributed by atoms with van der Waals surface area (Å²) >= 11 is 0. The number of carbonyl (C=O) groups excluding carboxylic acids is 1. The number of phenols is 2. The third kappa shape index (κ3) is 3.16. The highest BCUT2D eigenvalue weighted by molar-refractivity contribution is 5.72. The van der Waals surface area contributed by atoms with Crippen LogP contribution in [0, 0.1) is 6.92 Å². The normalized spacial score (nSPS) is 10.0. The number of rotatable bonds is 3. The molecule has 1 rings (SSSR count). The highest BCUT2D eigenvalue weighted by atomic mass is 16.3. The van der Waals surface area contributed by atoms with E-state index >= 15 is 0 Å². The first-order chi connectivity index (χ1) is 7.00. The second kappa shape index (κ2) is 4.68. The summed E-state index contributed by atoms with van der Waals surface area (Å²) in [6.45, 7) is 3.84. The van der Waals surface area contributed by atoms with Gasteiger partial charge in [0.15, 0.2) is 11.5 Å². The number of aryl methyl sites for hydroxylation is 1. The van der Waals surface area contributed by atoms with Crippen LogP contribution in [0.2, 0.25) is 0 Å². The molecular weight excluding hydrogens is 194 g/mol. The fraction of sp³-hybridized carbons (Fsp3) is 0.364. The molecule has 4 nitrogen and oxygen atoms in total. The maximum atomic E-state index is 10.6. The number of hydrogen-bond donors (Lipinski definition) is 3. The lowest BCUT2D eigenvalue weighted by Gasteiger charge is -2.08. The van der Waals surface area contributed by atoms with E-state index in [1.165, 1.54) is 19.1 Å². The van der Waals surface area contributed by atoms with Gasteiger partial charge in [-0.2, -0.15) is 0 Å². The van der Waals surface area contributed by atoms with Crippen LogP contribution in [0.4, 0.5) is 0 Å². The van der Waals surface area contributed by atoms with E-state index in [2.05, 4.69) is 5.32 Å². The molecule has 0 bridgehead atoms. The number of amides is 1. The van der Waals surface area contributed by atoms with Crippen molar-refractivity contribution in [1.29, 1.82) is 0 Å². The summed E-state index contributed by atoms with van der Waals surface area (Å²) in [6, 6.07) is 3.03. The van der Waals surface area contributed by atoms with Crippen molar-refractivity contribution in [1.82, 2.24) is 5.32 Å². The van der Waals surface area contributed by atoms with E-state index in [0.29, 0.717) is 13.0 Å². The zero-order chi connectivity index (χ0) is 11.4. The van der Waals surface area contributed by atoms with Crippen molar-refractivity contribution in [3.05, 3.63) is 23.3 Å². The molecule has 0 unspecified atom stereocenters. The van der Waals surface area contributed by atoms with Gasteiger partial charge in [-0.1, -0.05) is 0 Å². The molecule has 0 aliphatic carbocycles. The van der Waals surface area contributed by atoms with Crippen LogP contribution in [0.3, 0.4) is 0 Å². The monoisotopic (exact) mass is 209 g/mol. The fourth-order valence-corrected chi connectivity index (χ4v) is 1.37. The quantitative estimate of drug-likeness (QED) is 0.652. The van der Waals surface area contributed by atoms with Gasteiger partial charge >= 0.3 is 0 Å². The minimum Gasteiger partial charge on any atom is -0.504 e. The number of carbonyl (C=O) groups is 1. The Morgan fingerprint density at radius 3 is 2.53 bits per heavy atom. The van der Waals surface area contributed by atoms with E-state index in [1.807, 2.05) is 6.92 Å². The van der Waals surface area contributed by atoms with E-state index in [4.69, 9.17) is 0 Å². The molecule has 1 aromatic rings. The zero-order valence-corrected chi connectivity index (χ0v) is 8.87. The first-order valence-electron chi connectivity index (χ1n) is 4.76. The summed E-state index contributed by atoms with van der Waals surface area (Å²) < 4.78 is 0. The molecule has 0 fully saturated rings. The number of nitrogens with one attached hydrogen (secondary N) is 1.